The molecule has 0 radical (unpaired) electrons. The van der Waals surface area contributed by atoms with Crippen LogP contribution in [0.4, 0.5) is 4.79 Å². The number of nitrogens with two attached hydrogens (primary N) is 1. The number of benzene rings is 1. The van der Waals surface area contributed by atoms with Crippen molar-refractivity contribution in [2.75, 3.05) is 13.2 Å². The van der Waals surface area contributed by atoms with Crippen LogP contribution in [0.2, 0.25) is 10.0 Å². The van der Waals surface area contributed by atoms with E-state index in [1.54, 1.807) is 18.2 Å². The van der Waals surface area contributed by atoms with Crippen molar-refractivity contribution < 1.29 is 24.5 Å². The van der Waals surface area contributed by atoms with Crippen molar-refractivity contribution in [3.63, 3.8) is 0 Å². The first-order valence-electron chi connectivity index (χ1n) is 5.45. The van der Waals surface area contributed by atoms with Gasteiger partial charge in [-0.1, -0.05) is 29.3 Å². The number of halogens is 2. The normalized spacial score (nSPS) is 11.0. The predicted octanol–water partition coefficient (Wildman–Crippen LogP) is 2.26. The average molecular weight is 324 g/mol. The van der Waals surface area contributed by atoms with E-state index in [0.717, 1.165) is 5.56 Å². The van der Waals surface area contributed by atoms with Crippen LogP contribution in [0.5, 0.6) is 0 Å². The number of aliphatic hydroxyl groups excluding tert-OH is 1. The molecule has 20 heavy (non-hydrogen) atoms. The molecule has 1 unspecified atom stereocenters. The molecule has 0 aliphatic heterocycles. The highest BCUT2D eigenvalue weighted by atomic mass is 35.5. The molecule has 1 rings (SSSR count). The Morgan fingerprint density at radius 1 is 1.40 bits per heavy atom. The molecule has 0 fully saturated rings. The molecule has 0 aromatic heterocycles. The minimum absolute atomic E-state index is 0.104. The van der Waals surface area contributed by atoms with E-state index in [4.69, 9.17) is 37.8 Å². The zero-order valence-corrected chi connectivity index (χ0v) is 12.2. The molecule has 0 spiro atoms. The molecule has 0 bridgehead atoms. The minimum atomic E-state index is -1.33. The smallest absolute Gasteiger partial charge is 0.402 e. The van der Waals surface area contributed by atoms with Gasteiger partial charge in [-0.15, -0.1) is 0 Å². The van der Waals surface area contributed by atoms with Crippen LogP contribution in [0, 0.1) is 0 Å². The fourth-order valence-electron chi connectivity index (χ4n) is 1.29. The standard InChI is InChI=1S/C11H12Cl2O3.CH3NO2/c1-7(15)16-6-8(5-14)10-3-2-9(12)4-11(10)13;2-1(3)4/h2-4,8,14H,5-6H2,1H3;2H2,(H,3,4). The second kappa shape index (κ2) is 9.41. The highest BCUT2D eigenvalue weighted by molar-refractivity contribution is 6.35. The number of ether oxygens (including phenoxy) is 1. The highest BCUT2D eigenvalue weighted by Gasteiger charge is 2.15. The van der Waals surface area contributed by atoms with Gasteiger partial charge in [-0.25, -0.2) is 4.79 Å². The molecule has 1 aromatic carbocycles. The maximum Gasteiger partial charge on any atom is 0.402 e. The van der Waals surface area contributed by atoms with Gasteiger partial charge in [-0.3, -0.25) is 4.79 Å². The molecule has 0 aliphatic carbocycles. The summed E-state index contributed by atoms with van der Waals surface area (Å²) >= 11 is 11.7. The summed E-state index contributed by atoms with van der Waals surface area (Å²) in [7, 11) is 0. The number of hydrogen-bond acceptors (Lipinski definition) is 4. The Labute approximate surface area is 126 Å². The Bertz CT molecular complexity index is 463. The van der Waals surface area contributed by atoms with Crippen LogP contribution in [0.3, 0.4) is 0 Å². The van der Waals surface area contributed by atoms with E-state index >= 15 is 0 Å². The van der Waals surface area contributed by atoms with Gasteiger partial charge < -0.3 is 20.7 Å². The van der Waals surface area contributed by atoms with Crippen LogP contribution in [-0.4, -0.2) is 35.5 Å². The number of carbonyl (C=O) groups excluding carboxylic acids is 1. The lowest BCUT2D eigenvalue weighted by molar-refractivity contribution is -0.141. The number of carboxylic acid groups (broad SMARTS) is 1. The number of primary amides is 1. The zero-order chi connectivity index (χ0) is 15.7. The van der Waals surface area contributed by atoms with Crippen molar-refractivity contribution in [1.29, 1.82) is 0 Å². The van der Waals surface area contributed by atoms with Gasteiger partial charge in [-0.2, -0.15) is 0 Å². The Morgan fingerprint density at radius 2 is 1.95 bits per heavy atom. The van der Waals surface area contributed by atoms with Crippen molar-refractivity contribution >= 4 is 35.3 Å². The van der Waals surface area contributed by atoms with Crippen molar-refractivity contribution in [2.45, 2.75) is 12.8 Å². The van der Waals surface area contributed by atoms with Gasteiger partial charge in [0, 0.05) is 22.9 Å². The largest absolute Gasteiger partial charge is 0.465 e. The summed E-state index contributed by atoms with van der Waals surface area (Å²) in [5.74, 6) is -0.711. The number of amides is 1. The van der Waals surface area contributed by atoms with Crippen LogP contribution >= 0.6 is 23.2 Å². The molecule has 0 saturated carbocycles. The topological polar surface area (TPSA) is 110 Å². The number of carbonyl (C=O) groups is 2. The van der Waals surface area contributed by atoms with Gasteiger partial charge in [0.1, 0.15) is 6.61 Å². The second-order valence-corrected chi connectivity index (χ2v) is 4.53. The maximum atomic E-state index is 10.7. The Morgan fingerprint density at radius 3 is 2.35 bits per heavy atom. The third-order valence-electron chi connectivity index (χ3n) is 2.11. The van der Waals surface area contributed by atoms with E-state index in [-0.39, 0.29) is 25.1 Å². The van der Waals surface area contributed by atoms with E-state index in [1.165, 1.54) is 6.92 Å². The van der Waals surface area contributed by atoms with Crippen molar-refractivity contribution in [1.82, 2.24) is 0 Å². The molecule has 6 nitrogen and oxygen atoms in total. The van der Waals surface area contributed by atoms with Crippen LogP contribution in [0.1, 0.15) is 18.4 Å². The highest BCUT2D eigenvalue weighted by Crippen LogP contribution is 2.27. The lowest BCUT2D eigenvalue weighted by Crippen LogP contribution is -2.14. The van der Waals surface area contributed by atoms with Crippen molar-refractivity contribution in [2.24, 2.45) is 5.73 Å². The summed E-state index contributed by atoms with van der Waals surface area (Å²) in [6, 6.07) is 4.99. The molecule has 112 valence electrons. The minimum Gasteiger partial charge on any atom is -0.465 e. The number of hydrogen-bond donors (Lipinski definition) is 3. The van der Waals surface area contributed by atoms with E-state index in [9.17, 15) is 9.90 Å². The van der Waals surface area contributed by atoms with Crippen LogP contribution in [0.15, 0.2) is 18.2 Å². The third kappa shape index (κ3) is 7.83. The Hall–Kier alpha value is -1.50. The Balaban J connectivity index is 0.000000796. The molecule has 0 aliphatic rings. The summed E-state index contributed by atoms with van der Waals surface area (Å²) in [4.78, 5) is 19.5. The molecule has 0 heterocycles. The molecular formula is C12H15Cl2NO5. The van der Waals surface area contributed by atoms with Gasteiger partial charge in [0.05, 0.1) is 6.61 Å². The van der Waals surface area contributed by atoms with Crippen LogP contribution in [0.25, 0.3) is 0 Å². The summed E-state index contributed by atoms with van der Waals surface area (Å²) in [6.07, 6.45) is -1.33. The molecule has 0 saturated heterocycles. The lowest BCUT2D eigenvalue weighted by atomic mass is 10.0. The maximum absolute atomic E-state index is 10.7. The van der Waals surface area contributed by atoms with Gasteiger partial charge in [-0.05, 0) is 17.7 Å². The van der Waals surface area contributed by atoms with Gasteiger partial charge in [0.2, 0.25) is 0 Å². The monoisotopic (exact) mass is 323 g/mol. The van der Waals surface area contributed by atoms with Crippen LogP contribution in [-0.2, 0) is 9.53 Å². The van der Waals surface area contributed by atoms with E-state index in [0.29, 0.717) is 10.0 Å². The van der Waals surface area contributed by atoms with Gasteiger partial charge in [0.15, 0.2) is 0 Å². The van der Waals surface area contributed by atoms with Crippen LogP contribution < -0.4 is 5.73 Å². The first-order chi connectivity index (χ1) is 9.27. The molecule has 1 atom stereocenters. The summed E-state index contributed by atoms with van der Waals surface area (Å²) in [6.45, 7) is 1.28. The van der Waals surface area contributed by atoms with Gasteiger partial charge in [0.25, 0.3) is 0 Å². The molecule has 1 amide bonds. The van der Waals surface area contributed by atoms with Gasteiger partial charge >= 0.3 is 12.1 Å². The SMILES string of the molecule is CC(=O)OCC(CO)c1ccc(Cl)cc1Cl.NC(=O)O. The van der Waals surface area contributed by atoms with E-state index < -0.39 is 6.09 Å². The fourth-order valence-corrected chi connectivity index (χ4v) is 1.85. The molecule has 8 heteroatoms. The second-order valence-electron chi connectivity index (χ2n) is 3.69. The average Bonchev–Trinajstić information content (AvgIpc) is 2.31. The molecular weight excluding hydrogens is 309 g/mol. The quantitative estimate of drug-likeness (QED) is 0.736. The van der Waals surface area contributed by atoms with Crippen molar-refractivity contribution in [3.8, 4) is 0 Å². The zero-order valence-electron chi connectivity index (χ0n) is 10.7. The van der Waals surface area contributed by atoms with E-state index in [1.807, 2.05) is 0 Å². The first kappa shape index (κ1) is 18.5. The number of esters is 1. The van der Waals surface area contributed by atoms with E-state index in [2.05, 4.69) is 5.73 Å². The molecule has 1 aromatic rings. The summed E-state index contributed by atoms with van der Waals surface area (Å²) < 4.78 is 4.84. The number of aliphatic hydroxyl groups is 1. The predicted molar refractivity (Wildman–Crippen MR) is 75.1 cm³/mol. The first-order valence-corrected chi connectivity index (χ1v) is 6.21. The summed E-state index contributed by atoms with van der Waals surface area (Å²) in [5, 5.41) is 17.4. The lowest BCUT2D eigenvalue weighted by Gasteiger charge is -2.15. The van der Waals surface area contributed by atoms with Crippen molar-refractivity contribution in [3.05, 3.63) is 33.8 Å². The third-order valence-corrected chi connectivity index (χ3v) is 2.67. The summed E-state index contributed by atoms with van der Waals surface area (Å²) in [5.41, 5.74) is 4.75. The fraction of sp³-hybridized carbons (Fsp3) is 0.333. The number of rotatable bonds is 4. The Kier molecular flexibility index (Phi) is 8.71. The molecule has 4 N–H and O–H groups in total.